The summed E-state index contributed by atoms with van der Waals surface area (Å²) in [6.07, 6.45) is 17.3. The van der Waals surface area contributed by atoms with Gasteiger partial charge in [-0.3, -0.25) is 29.1 Å². The summed E-state index contributed by atoms with van der Waals surface area (Å²) in [5, 5.41) is 8.00. The molecule has 5 aromatic heterocycles. The number of nitrogens with one attached hydrogen (secondary N) is 3. The fraction of sp³-hybridized carbons (Fsp3) is 0.367. The van der Waals surface area contributed by atoms with E-state index in [4.69, 9.17) is 0 Å². The van der Waals surface area contributed by atoms with Crippen LogP contribution in [0.15, 0.2) is 97.0 Å². The summed E-state index contributed by atoms with van der Waals surface area (Å²) in [4.78, 5) is 70.2. The van der Waals surface area contributed by atoms with Gasteiger partial charge in [-0.2, -0.15) is 0 Å². The molecule has 3 N–H and O–H groups in total. The van der Waals surface area contributed by atoms with Crippen LogP contribution in [0.25, 0.3) is 31.2 Å². The molecule has 2 aliphatic rings. The molecule has 2 aliphatic heterocycles. The summed E-state index contributed by atoms with van der Waals surface area (Å²) in [5.74, 6) is 0.809. The van der Waals surface area contributed by atoms with Crippen LogP contribution in [-0.2, 0) is 0 Å². The van der Waals surface area contributed by atoms with Crippen molar-refractivity contribution in [3.8, 4) is 0 Å². The molecule has 332 valence electrons. The maximum atomic E-state index is 13.4. The van der Waals surface area contributed by atoms with Gasteiger partial charge in [0.25, 0.3) is 23.6 Å². The molecule has 12 nitrogen and oxygen atoms in total. The number of nitrogens with zero attached hydrogens (tertiary/aromatic N) is 5. The van der Waals surface area contributed by atoms with Crippen molar-refractivity contribution in [3.05, 3.63) is 125 Å². The Morgan fingerprint density at radius 1 is 0.688 bits per heavy atom. The van der Waals surface area contributed by atoms with E-state index in [0.717, 1.165) is 119 Å². The average molecular weight is 901 g/mol. The van der Waals surface area contributed by atoms with Crippen LogP contribution in [-0.4, -0.2) is 92.6 Å². The van der Waals surface area contributed by atoms with Crippen LogP contribution >= 0.6 is 22.7 Å². The Labute approximate surface area is 379 Å². The minimum absolute atomic E-state index is 0.000428. The number of H-pyrrole nitrogens is 1. The first-order chi connectivity index (χ1) is 31.3. The summed E-state index contributed by atoms with van der Waals surface area (Å²) in [6.45, 7) is 4.41. The van der Waals surface area contributed by atoms with E-state index in [1.165, 1.54) is 23.5 Å². The summed E-state index contributed by atoms with van der Waals surface area (Å²) in [5.41, 5.74) is 5.40. The second-order valence-corrected chi connectivity index (χ2v) is 18.7. The highest BCUT2D eigenvalue weighted by Crippen LogP contribution is 2.27. The summed E-state index contributed by atoms with van der Waals surface area (Å²) in [7, 11) is 0. The van der Waals surface area contributed by atoms with Crippen LogP contribution in [0.1, 0.15) is 105 Å². The number of carbonyl (C=O) groups excluding carboxylic acids is 4. The second-order valence-electron chi connectivity index (χ2n) is 16.7. The molecule has 0 radical (unpaired) electrons. The molecule has 4 amide bonds. The lowest BCUT2D eigenvalue weighted by molar-refractivity contribution is 0.0678. The molecule has 0 spiro atoms. The molecule has 15 heteroatoms. The molecule has 9 rings (SSSR count). The van der Waals surface area contributed by atoms with Crippen LogP contribution in [0.2, 0.25) is 0 Å². The molecule has 7 heterocycles. The number of thiophene rings is 1. The minimum atomic E-state index is -0.380. The molecule has 0 aliphatic carbocycles. The normalized spacial score (nSPS) is 14.7. The van der Waals surface area contributed by atoms with E-state index < -0.39 is 0 Å². The van der Waals surface area contributed by atoms with Crippen LogP contribution in [0, 0.1) is 17.7 Å². The summed E-state index contributed by atoms with van der Waals surface area (Å²) >= 11 is 3.05. The molecule has 2 saturated heterocycles. The quantitative estimate of drug-likeness (QED) is 0.0920. The van der Waals surface area contributed by atoms with Gasteiger partial charge in [-0.05, 0) is 116 Å². The lowest BCUT2D eigenvalue weighted by atomic mass is 9.91. The summed E-state index contributed by atoms with van der Waals surface area (Å²) in [6, 6.07) is 19.2. The van der Waals surface area contributed by atoms with E-state index in [0.29, 0.717) is 49.3 Å². The Kier molecular flexibility index (Phi) is 15.0. The van der Waals surface area contributed by atoms with E-state index in [2.05, 4.69) is 30.6 Å². The Hall–Kier alpha value is -6.06. The molecule has 64 heavy (non-hydrogen) atoms. The van der Waals surface area contributed by atoms with Crippen molar-refractivity contribution in [2.45, 2.75) is 64.2 Å². The van der Waals surface area contributed by atoms with Crippen molar-refractivity contribution in [2.75, 3.05) is 39.3 Å². The van der Waals surface area contributed by atoms with E-state index in [1.54, 1.807) is 48.3 Å². The SMILES string of the molecule is O=C(NCCCCC1CCN(C(=O)c2ccc3ncsc3c2)CC1)c1cc2ccncc2s1.O=C(NCCCCC1CCN(C(=O)c2cccc(F)c2)CC1)c1cc2cnccc2[nH]1. The number of pyridine rings is 2. The lowest BCUT2D eigenvalue weighted by Gasteiger charge is -2.32. The first-order valence-corrected chi connectivity index (χ1v) is 24.0. The van der Waals surface area contributed by atoms with Gasteiger partial charge in [-0.15, -0.1) is 22.7 Å². The Bertz CT molecular complexity index is 2630. The maximum absolute atomic E-state index is 13.4. The molecular formula is C49H53FN8O4S2. The van der Waals surface area contributed by atoms with Crippen LogP contribution in [0.5, 0.6) is 0 Å². The van der Waals surface area contributed by atoms with Crippen LogP contribution in [0.4, 0.5) is 4.39 Å². The largest absolute Gasteiger partial charge is 0.351 e. The number of aromatic amines is 1. The molecule has 0 unspecified atom stereocenters. The Morgan fingerprint density at radius 2 is 1.34 bits per heavy atom. The van der Waals surface area contributed by atoms with Gasteiger partial charge in [0, 0.05) is 86.1 Å². The van der Waals surface area contributed by atoms with E-state index in [1.807, 2.05) is 57.8 Å². The molecule has 0 atom stereocenters. The maximum Gasteiger partial charge on any atom is 0.267 e. The van der Waals surface area contributed by atoms with Crippen molar-refractivity contribution in [1.82, 2.24) is 40.4 Å². The average Bonchev–Trinajstić information content (AvgIpc) is 4.10. The fourth-order valence-electron chi connectivity index (χ4n) is 8.62. The number of halogens is 1. The third kappa shape index (κ3) is 11.5. The summed E-state index contributed by atoms with van der Waals surface area (Å²) < 4.78 is 15.5. The van der Waals surface area contributed by atoms with Gasteiger partial charge in [0.15, 0.2) is 0 Å². The molecule has 2 fully saturated rings. The molecule has 0 saturated carbocycles. The number of carbonyl (C=O) groups is 4. The lowest BCUT2D eigenvalue weighted by Crippen LogP contribution is -2.38. The minimum Gasteiger partial charge on any atom is -0.351 e. The number of piperidine rings is 2. The van der Waals surface area contributed by atoms with E-state index in [-0.39, 0.29) is 29.4 Å². The van der Waals surface area contributed by atoms with Crippen LogP contribution < -0.4 is 10.6 Å². The number of amides is 4. The predicted octanol–water partition coefficient (Wildman–Crippen LogP) is 9.51. The second kappa shape index (κ2) is 21.5. The molecule has 2 aromatic carbocycles. The number of rotatable bonds is 14. The van der Waals surface area contributed by atoms with Crippen molar-refractivity contribution in [2.24, 2.45) is 11.8 Å². The van der Waals surface area contributed by atoms with Crippen molar-refractivity contribution in [3.63, 3.8) is 0 Å². The number of fused-ring (bicyclic) bond motifs is 3. The van der Waals surface area contributed by atoms with Gasteiger partial charge < -0.3 is 25.4 Å². The number of unbranched alkanes of at least 4 members (excludes halogenated alkanes) is 2. The van der Waals surface area contributed by atoms with Gasteiger partial charge in [-0.1, -0.05) is 31.7 Å². The van der Waals surface area contributed by atoms with E-state index in [9.17, 15) is 23.6 Å². The van der Waals surface area contributed by atoms with E-state index >= 15 is 0 Å². The topological polar surface area (TPSA) is 153 Å². The number of likely N-dealkylation sites (tertiary alicyclic amines) is 2. The molecular weight excluding hydrogens is 848 g/mol. The predicted molar refractivity (Wildman–Crippen MR) is 251 cm³/mol. The third-order valence-corrected chi connectivity index (χ3v) is 14.2. The smallest absolute Gasteiger partial charge is 0.267 e. The third-order valence-electron chi connectivity index (χ3n) is 12.3. The fourth-order valence-corrected chi connectivity index (χ4v) is 10.3. The first kappa shape index (κ1) is 44.5. The molecule has 7 aromatic rings. The van der Waals surface area contributed by atoms with Crippen LogP contribution in [0.3, 0.4) is 0 Å². The first-order valence-electron chi connectivity index (χ1n) is 22.3. The highest BCUT2D eigenvalue weighted by atomic mass is 32.1. The van der Waals surface area contributed by atoms with Gasteiger partial charge in [0.2, 0.25) is 0 Å². The number of aromatic nitrogens is 4. The zero-order valence-electron chi connectivity index (χ0n) is 35.8. The number of hydrogen-bond acceptors (Lipinski definition) is 9. The van der Waals surface area contributed by atoms with Gasteiger partial charge in [0.1, 0.15) is 11.5 Å². The standard InChI is InChI=1S/C25H26N4O2S2.C24H27FN4O2/c30-24(22-13-18-6-10-26-15-23(18)33-22)27-9-2-1-3-17-7-11-29(12-8-17)25(31)19-4-5-20-21(14-19)32-16-28-20;25-20-6-3-5-18(14-20)24(31)29-12-8-17(9-13-29)4-1-2-10-27-23(30)22-15-19-16-26-11-7-21(19)28-22/h4-6,10,13-17H,1-3,7-9,11-12H2,(H,27,30);3,5-7,11,14-17,28H,1-2,4,8-10,12-13H2,(H,27,30). The van der Waals surface area contributed by atoms with Crippen molar-refractivity contribution in [1.29, 1.82) is 0 Å². The van der Waals surface area contributed by atoms with Gasteiger partial charge >= 0.3 is 0 Å². The number of thiazole rings is 1. The number of hydrogen-bond donors (Lipinski definition) is 3. The Morgan fingerprint density at radius 3 is 2.02 bits per heavy atom. The Balaban J connectivity index is 0.000000175. The highest BCUT2D eigenvalue weighted by Gasteiger charge is 2.25. The van der Waals surface area contributed by atoms with Crippen molar-refractivity contribution < 1.29 is 23.6 Å². The monoisotopic (exact) mass is 900 g/mol. The highest BCUT2D eigenvalue weighted by molar-refractivity contribution is 7.20. The molecule has 0 bridgehead atoms. The van der Waals surface area contributed by atoms with Crippen molar-refractivity contribution >= 4 is 77.5 Å². The number of benzene rings is 2. The zero-order valence-corrected chi connectivity index (χ0v) is 37.4. The van der Waals surface area contributed by atoms with Gasteiger partial charge in [0.05, 0.1) is 25.3 Å². The zero-order chi connectivity index (χ0) is 44.3. The van der Waals surface area contributed by atoms with Gasteiger partial charge in [-0.25, -0.2) is 9.37 Å².